The second kappa shape index (κ2) is 8.17. The number of hydrogen-bond acceptors (Lipinski definition) is 4. The van der Waals surface area contributed by atoms with Gasteiger partial charge in [0.25, 0.3) is 0 Å². The molecule has 1 aromatic heterocycles. The monoisotopic (exact) mass is 357 g/mol. The van der Waals surface area contributed by atoms with E-state index in [4.69, 9.17) is 9.84 Å². The highest BCUT2D eigenvalue weighted by Gasteiger charge is 2.23. The molecule has 6 nitrogen and oxygen atoms in total. The Labute approximate surface area is 154 Å². The minimum absolute atomic E-state index is 0.209. The van der Waals surface area contributed by atoms with E-state index in [1.54, 1.807) is 6.20 Å². The third-order valence-corrected chi connectivity index (χ3v) is 4.07. The predicted octanol–water partition coefficient (Wildman–Crippen LogP) is 4.21. The third kappa shape index (κ3) is 5.72. The van der Waals surface area contributed by atoms with Crippen LogP contribution in [0.3, 0.4) is 0 Å². The summed E-state index contributed by atoms with van der Waals surface area (Å²) in [7, 11) is 0. The Kier molecular flexibility index (Phi) is 6.18. The Morgan fingerprint density at radius 2 is 2.04 bits per heavy atom. The van der Waals surface area contributed by atoms with Crippen LogP contribution in [0.2, 0.25) is 0 Å². The SMILES string of the molecule is Cc1nccc(-c2ccc(OC[C@@H](C)CC(C)(C)NC(=O)O)c(C)c2)n1. The second-order valence-electron chi connectivity index (χ2n) is 7.40. The molecule has 1 atom stereocenters. The van der Waals surface area contributed by atoms with Crippen molar-refractivity contribution in [1.82, 2.24) is 15.3 Å². The molecule has 0 spiro atoms. The van der Waals surface area contributed by atoms with Crippen LogP contribution < -0.4 is 10.1 Å². The first-order valence-corrected chi connectivity index (χ1v) is 8.71. The van der Waals surface area contributed by atoms with Gasteiger partial charge in [-0.25, -0.2) is 14.8 Å². The zero-order valence-corrected chi connectivity index (χ0v) is 16.0. The largest absolute Gasteiger partial charge is 0.493 e. The fraction of sp³-hybridized carbons (Fsp3) is 0.450. The van der Waals surface area contributed by atoms with Gasteiger partial charge in [-0.05, 0) is 69.9 Å². The van der Waals surface area contributed by atoms with Gasteiger partial charge in [-0.3, -0.25) is 0 Å². The highest BCUT2D eigenvalue weighted by Crippen LogP contribution is 2.26. The van der Waals surface area contributed by atoms with Gasteiger partial charge in [0.1, 0.15) is 11.6 Å². The second-order valence-corrected chi connectivity index (χ2v) is 7.40. The first-order valence-electron chi connectivity index (χ1n) is 8.71. The van der Waals surface area contributed by atoms with Crippen molar-refractivity contribution in [1.29, 1.82) is 0 Å². The molecule has 1 aromatic carbocycles. The number of carboxylic acid groups (broad SMARTS) is 1. The van der Waals surface area contributed by atoms with E-state index in [1.807, 2.05) is 45.9 Å². The normalized spacial score (nSPS) is 12.5. The molecule has 1 amide bonds. The first kappa shape index (κ1) is 19.7. The summed E-state index contributed by atoms with van der Waals surface area (Å²) in [4.78, 5) is 19.4. The quantitative estimate of drug-likeness (QED) is 0.775. The van der Waals surface area contributed by atoms with Gasteiger partial charge in [-0.15, -0.1) is 0 Å². The molecule has 0 radical (unpaired) electrons. The lowest BCUT2D eigenvalue weighted by Gasteiger charge is -2.28. The number of nitrogens with zero attached hydrogens (tertiary/aromatic N) is 2. The summed E-state index contributed by atoms with van der Waals surface area (Å²) < 4.78 is 5.96. The number of carbonyl (C=O) groups is 1. The summed E-state index contributed by atoms with van der Waals surface area (Å²) in [6.07, 6.45) is 1.44. The van der Waals surface area contributed by atoms with Crippen molar-refractivity contribution in [3.63, 3.8) is 0 Å². The molecule has 26 heavy (non-hydrogen) atoms. The molecule has 1 heterocycles. The molecular weight excluding hydrogens is 330 g/mol. The minimum atomic E-state index is -1.01. The van der Waals surface area contributed by atoms with Gasteiger partial charge in [0, 0.05) is 17.3 Å². The summed E-state index contributed by atoms with van der Waals surface area (Å²) in [6.45, 7) is 10.2. The number of benzene rings is 1. The fourth-order valence-electron chi connectivity index (χ4n) is 3.09. The van der Waals surface area contributed by atoms with E-state index >= 15 is 0 Å². The zero-order chi connectivity index (χ0) is 19.3. The number of ether oxygens (including phenoxy) is 1. The van der Waals surface area contributed by atoms with Crippen LogP contribution in [0.15, 0.2) is 30.5 Å². The number of rotatable bonds is 7. The first-order chi connectivity index (χ1) is 12.2. The molecular formula is C20H27N3O3. The Hall–Kier alpha value is -2.63. The molecule has 0 aliphatic carbocycles. The molecule has 0 unspecified atom stereocenters. The molecule has 0 saturated heterocycles. The highest BCUT2D eigenvalue weighted by molar-refractivity contribution is 5.65. The maximum absolute atomic E-state index is 10.8. The zero-order valence-electron chi connectivity index (χ0n) is 16.0. The average molecular weight is 357 g/mol. The van der Waals surface area contributed by atoms with E-state index in [-0.39, 0.29) is 5.92 Å². The van der Waals surface area contributed by atoms with E-state index in [2.05, 4.69) is 28.3 Å². The topological polar surface area (TPSA) is 84.3 Å². The van der Waals surface area contributed by atoms with Crippen LogP contribution in [0.5, 0.6) is 5.75 Å². The van der Waals surface area contributed by atoms with Crippen LogP contribution in [0.1, 0.15) is 38.6 Å². The molecule has 0 saturated carbocycles. The molecule has 2 rings (SSSR count). The van der Waals surface area contributed by atoms with Gasteiger partial charge in [0.15, 0.2) is 0 Å². The van der Waals surface area contributed by atoms with Gasteiger partial charge >= 0.3 is 6.09 Å². The van der Waals surface area contributed by atoms with Crippen molar-refractivity contribution in [2.75, 3.05) is 6.61 Å². The summed E-state index contributed by atoms with van der Waals surface area (Å²) >= 11 is 0. The number of amides is 1. The Balaban J connectivity index is 1.99. The van der Waals surface area contributed by atoms with Crippen LogP contribution in [-0.4, -0.2) is 33.3 Å². The average Bonchev–Trinajstić information content (AvgIpc) is 2.51. The van der Waals surface area contributed by atoms with Gasteiger partial charge in [-0.1, -0.05) is 6.92 Å². The van der Waals surface area contributed by atoms with Crippen molar-refractivity contribution in [2.45, 2.75) is 46.6 Å². The van der Waals surface area contributed by atoms with Gasteiger partial charge < -0.3 is 15.2 Å². The highest BCUT2D eigenvalue weighted by atomic mass is 16.5. The van der Waals surface area contributed by atoms with Crippen LogP contribution in [0, 0.1) is 19.8 Å². The van der Waals surface area contributed by atoms with Crippen molar-refractivity contribution in [3.05, 3.63) is 41.9 Å². The van der Waals surface area contributed by atoms with Crippen LogP contribution in [0.4, 0.5) is 4.79 Å². The van der Waals surface area contributed by atoms with E-state index in [0.717, 1.165) is 28.4 Å². The number of aryl methyl sites for hydroxylation is 2. The summed E-state index contributed by atoms with van der Waals surface area (Å²) in [5, 5.41) is 11.4. The Morgan fingerprint density at radius 1 is 1.31 bits per heavy atom. The number of aromatic nitrogens is 2. The van der Waals surface area contributed by atoms with Crippen molar-refractivity contribution < 1.29 is 14.6 Å². The molecule has 2 N–H and O–H groups in total. The van der Waals surface area contributed by atoms with Gasteiger partial charge in [-0.2, -0.15) is 0 Å². The maximum atomic E-state index is 10.8. The van der Waals surface area contributed by atoms with Crippen molar-refractivity contribution >= 4 is 6.09 Å². The third-order valence-electron chi connectivity index (χ3n) is 4.07. The lowest BCUT2D eigenvalue weighted by molar-refractivity contribution is 0.169. The smallest absolute Gasteiger partial charge is 0.405 e. The molecule has 0 fully saturated rings. The molecule has 2 aromatic rings. The van der Waals surface area contributed by atoms with Crippen molar-refractivity contribution in [2.24, 2.45) is 5.92 Å². The summed E-state index contributed by atoms with van der Waals surface area (Å²) in [6, 6.07) is 7.89. The van der Waals surface area contributed by atoms with Gasteiger partial charge in [0.2, 0.25) is 0 Å². The van der Waals surface area contributed by atoms with Crippen LogP contribution in [0.25, 0.3) is 11.3 Å². The lowest BCUT2D eigenvalue weighted by atomic mass is 9.92. The molecule has 0 aliphatic heterocycles. The Morgan fingerprint density at radius 3 is 2.65 bits per heavy atom. The molecule has 6 heteroatoms. The summed E-state index contributed by atoms with van der Waals surface area (Å²) in [5.41, 5.74) is 2.47. The van der Waals surface area contributed by atoms with E-state index in [9.17, 15) is 4.79 Å². The number of hydrogen-bond donors (Lipinski definition) is 2. The van der Waals surface area contributed by atoms with Crippen molar-refractivity contribution in [3.8, 4) is 17.0 Å². The molecule has 140 valence electrons. The minimum Gasteiger partial charge on any atom is -0.493 e. The van der Waals surface area contributed by atoms with Gasteiger partial charge in [0.05, 0.1) is 12.3 Å². The lowest BCUT2D eigenvalue weighted by Crippen LogP contribution is -2.44. The van der Waals surface area contributed by atoms with E-state index < -0.39 is 11.6 Å². The van der Waals surface area contributed by atoms with E-state index in [0.29, 0.717) is 13.0 Å². The maximum Gasteiger partial charge on any atom is 0.405 e. The summed E-state index contributed by atoms with van der Waals surface area (Å²) in [5.74, 6) is 1.78. The molecule has 0 aliphatic rings. The molecule has 0 bridgehead atoms. The number of nitrogens with one attached hydrogen (secondary N) is 1. The van der Waals surface area contributed by atoms with E-state index in [1.165, 1.54) is 0 Å². The standard InChI is InChI=1S/C20H27N3O3/c1-13(11-20(4,5)23-19(24)25)12-26-18-7-6-16(10-14(18)2)17-8-9-21-15(3)22-17/h6-10,13,23H,11-12H2,1-5H3,(H,24,25)/t13-/m0/s1. The van der Waals surface area contributed by atoms with Crippen LogP contribution in [-0.2, 0) is 0 Å². The Bertz CT molecular complexity index is 775. The fourth-order valence-corrected chi connectivity index (χ4v) is 3.09. The van der Waals surface area contributed by atoms with Crippen LogP contribution >= 0.6 is 0 Å². The predicted molar refractivity (Wildman–Crippen MR) is 101 cm³/mol.